The molecule has 0 saturated heterocycles. The van der Waals surface area contributed by atoms with Gasteiger partial charge in [0, 0.05) is 13.0 Å². The molecule has 0 fully saturated rings. The number of benzene rings is 1. The fraction of sp³-hybridized carbons (Fsp3) is 0.450. The number of aromatic nitrogens is 2. The third-order valence-corrected chi connectivity index (χ3v) is 5.66. The quantitative estimate of drug-likeness (QED) is 0.420. The van der Waals surface area contributed by atoms with Crippen LogP contribution in [-0.2, 0) is 11.3 Å². The molecule has 5 heteroatoms. The smallest absolute Gasteiger partial charge is 0.262 e. The van der Waals surface area contributed by atoms with Crippen LogP contribution < -0.4 is 5.56 Å². The first-order chi connectivity index (χ1) is 12.2. The van der Waals surface area contributed by atoms with Gasteiger partial charge in [-0.15, -0.1) is 0 Å². The van der Waals surface area contributed by atoms with Gasteiger partial charge in [0.05, 0.1) is 16.7 Å². The number of hydrogen-bond donors (Lipinski definition) is 0. The van der Waals surface area contributed by atoms with Gasteiger partial charge in [0.1, 0.15) is 5.78 Å². The number of allylic oxidation sites excluding steroid dienone is 2. The molecule has 1 aliphatic rings. The Bertz CT molecular complexity index is 854. The number of nitrogens with zero attached hydrogens (tertiary/aromatic N) is 2. The van der Waals surface area contributed by atoms with Crippen molar-refractivity contribution >= 4 is 28.4 Å². The highest BCUT2D eigenvalue weighted by Gasteiger charge is 2.13. The molecular weight excluding hydrogens is 332 g/mol. The van der Waals surface area contributed by atoms with Crippen molar-refractivity contribution in [3.8, 4) is 0 Å². The number of ketones is 1. The monoisotopic (exact) mass is 356 g/mol. The van der Waals surface area contributed by atoms with E-state index in [-0.39, 0.29) is 11.3 Å². The van der Waals surface area contributed by atoms with E-state index in [1.807, 2.05) is 31.2 Å². The van der Waals surface area contributed by atoms with Crippen molar-refractivity contribution in [3.05, 3.63) is 46.3 Å². The van der Waals surface area contributed by atoms with Crippen LogP contribution in [0.15, 0.2) is 45.9 Å². The van der Waals surface area contributed by atoms with Gasteiger partial charge in [0.2, 0.25) is 0 Å². The second-order valence-electron chi connectivity index (χ2n) is 6.41. The van der Waals surface area contributed by atoms with Gasteiger partial charge in [0.15, 0.2) is 5.16 Å². The third-order valence-electron chi connectivity index (χ3n) is 4.62. The molecule has 0 aliphatic heterocycles. The van der Waals surface area contributed by atoms with Crippen LogP contribution in [0.3, 0.4) is 0 Å². The molecule has 0 spiro atoms. The Kier molecular flexibility index (Phi) is 6.08. The number of para-hydroxylation sites is 1. The van der Waals surface area contributed by atoms with Crippen molar-refractivity contribution in [1.29, 1.82) is 0 Å². The molecule has 4 nitrogen and oxygen atoms in total. The fourth-order valence-electron chi connectivity index (χ4n) is 3.09. The molecule has 0 saturated carbocycles. The topological polar surface area (TPSA) is 52.0 Å². The van der Waals surface area contributed by atoms with Crippen molar-refractivity contribution in [3.63, 3.8) is 0 Å². The van der Waals surface area contributed by atoms with Crippen molar-refractivity contribution < 1.29 is 4.79 Å². The van der Waals surface area contributed by atoms with E-state index < -0.39 is 0 Å². The lowest BCUT2D eigenvalue weighted by Gasteiger charge is -2.16. The van der Waals surface area contributed by atoms with Gasteiger partial charge in [-0.25, -0.2) is 4.98 Å². The second-order valence-corrected chi connectivity index (χ2v) is 7.35. The summed E-state index contributed by atoms with van der Waals surface area (Å²) in [5, 5.41) is 1.30. The Morgan fingerprint density at radius 1 is 1.28 bits per heavy atom. The number of Topliss-reactive ketones (excluding diaryl/α,β-unsaturated/α-hetero) is 1. The highest BCUT2D eigenvalue weighted by atomic mass is 32.2. The highest BCUT2D eigenvalue weighted by molar-refractivity contribution is 7.99. The maximum absolute atomic E-state index is 12.9. The fourth-order valence-corrected chi connectivity index (χ4v) is 4.08. The molecule has 0 bridgehead atoms. The molecule has 1 aliphatic carbocycles. The number of carbonyl (C=O) groups is 1. The Balaban J connectivity index is 1.91. The average Bonchev–Trinajstić information content (AvgIpc) is 2.66. The summed E-state index contributed by atoms with van der Waals surface area (Å²) in [6.07, 6.45) is 8.49. The van der Waals surface area contributed by atoms with Gasteiger partial charge in [-0.3, -0.25) is 14.2 Å². The van der Waals surface area contributed by atoms with Crippen LogP contribution in [0.5, 0.6) is 0 Å². The van der Waals surface area contributed by atoms with E-state index in [4.69, 9.17) is 0 Å². The first kappa shape index (κ1) is 17.9. The Labute approximate surface area is 152 Å². The zero-order valence-electron chi connectivity index (χ0n) is 14.7. The standard InChI is InChI=1S/C20H24N2O2S/c1-2-16(23)14-25-20-21-18-11-7-6-10-17(18)19(24)22(20)13-12-15-8-4-3-5-9-15/h6-8,10-11H,2-5,9,12-14H2,1H3. The number of fused-ring (bicyclic) bond motifs is 1. The molecule has 1 heterocycles. The molecule has 0 unspecified atom stereocenters. The lowest BCUT2D eigenvalue weighted by atomic mass is 9.97. The molecule has 0 amide bonds. The van der Waals surface area contributed by atoms with Crippen LogP contribution in [-0.4, -0.2) is 21.1 Å². The van der Waals surface area contributed by atoms with E-state index in [0.29, 0.717) is 34.8 Å². The highest BCUT2D eigenvalue weighted by Crippen LogP contribution is 2.23. The molecule has 1 aromatic carbocycles. The van der Waals surface area contributed by atoms with Crippen LogP contribution in [0.4, 0.5) is 0 Å². The first-order valence-corrected chi connectivity index (χ1v) is 9.99. The van der Waals surface area contributed by atoms with Crippen molar-refractivity contribution in [1.82, 2.24) is 9.55 Å². The van der Waals surface area contributed by atoms with Crippen molar-refractivity contribution in [2.24, 2.45) is 0 Å². The van der Waals surface area contributed by atoms with Gasteiger partial charge >= 0.3 is 0 Å². The van der Waals surface area contributed by atoms with E-state index in [1.54, 1.807) is 4.57 Å². The van der Waals surface area contributed by atoms with Crippen LogP contribution in [0.2, 0.25) is 0 Å². The largest absolute Gasteiger partial charge is 0.299 e. The lowest BCUT2D eigenvalue weighted by Crippen LogP contribution is -2.24. The van der Waals surface area contributed by atoms with Crippen molar-refractivity contribution in [2.75, 3.05) is 5.75 Å². The van der Waals surface area contributed by atoms with Gasteiger partial charge < -0.3 is 0 Å². The zero-order chi connectivity index (χ0) is 17.6. The minimum atomic E-state index is -0.00606. The molecule has 0 atom stereocenters. The minimum Gasteiger partial charge on any atom is -0.299 e. The van der Waals surface area contributed by atoms with E-state index in [0.717, 1.165) is 19.3 Å². The molecule has 3 rings (SSSR count). The van der Waals surface area contributed by atoms with E-state index in [2.05, 4.69) is 11.1 Å². The first-order valence-electron chi connectivity index (χ1n) is 9.01. The third kappa shape index (κ3) is 4.40. The maximum Gasteiger partial charge on any atom is 0.262 e. The minimum absolute atomic E-state index is 0.00606. The summed E-state index contributed by atoms with van der Waals surface area (Å²) in [7, 11) is 0. The summed E-state index contributed by atoms with van der Waals surface area (Å²) in [5.74, 6) is 0.540. The lowest BCUT2D eigenvalue weighted by molar-refractivity contribution is -0.116. The van der Waals surface area contributed by atoms with Crippen LogP contribution >= 0.6 is 11.8 Å². The van der Waals surface area contributed by atoms with E-state index in [9.17, 15) is 9.59 Å². The summed E-state index contributed by atoms with van der Waals surface area (Å²) < 4.78 is 1.76. The number of thioether (sulfide) groups is 1. The molecular formula is C20H24N2O2S. The average molecular weight is 356 g/mol. The van der Waals surface area contributed by atoms with E-state index >= 15 is 0 Å². The van der Waals surface area contributed by atoms with Gasteiger partial charge in [-0.05, 0) is 44.2 Å². The van der Waals surface area contributed by atoms with Gasteiger partial charge in [-0.2, -0.15) is 0 Å². The van der Waals surface area contributed by atoms with Crippen LogP contribution in [0.25, 0.3) is 10.9 Å². The normalized spacial score (nSPS) is 14.5. The Morgan fingerprint density at radius 3 is 2.88 bits per heavy atom. The van der Waals surface area contributed by atoms with Gasteiger partial charge in [-0.1, -0.05) is 42.5 Å². The molecule has 1 aromatic heterocycles. The summed E-state index contributed by atoms with van der Waals surface area (Å²) in [5.41, 5.74) is 2.13. The zero-order valence-corrected chi connectivity index (χ0v) is 15.5. The molecule has 132 valence electrons. The second kappa shape index (κ2) is 8.48. The Morgan fingerprint density at radius 2 is 2.12 bits per heavy atom. The van der Waals surface area contributed by atoms with Crippen molar-refractivity contribution in [2.45, 2.75) is 57.1 Å². The predicted molar refractivity (Wildman–Crippen MR) is 103 cm³/mol. The molecule has 0 N–H and O–H groups in total. The summed E-state index contributed by atoms with van der Waals surface area (Å²) in [6.45, 7) is 2.49. The van der Waals surface area contributed by atoms with E-state index in [1.165, 1.54) is 30.2 Å². The summed E-state index contributed by atoms with van der Waals surface area (Å²) in [4.78, 5) is 29.3. The molecule has 2 aromatic rings. The summed E-state index contributed by atoms with van der Waals surface area (Å²) >= 11 is 1.38. The molecule has 25 heavy (non-hydrogen) atoms. The Hall–Kier alpha value is -1.88. The summed E-state index contributed by atoms with van der Waals surface area (Å²) in [6, 6.07) is 7.44. The number of hydrogen-bond acceptors (Lipinski definition) is 4. The van der Waals surface area contributed by atoms with Crippen LogP contribution in [0.1, 0.15) is 45.4 Å². The number of carbonyl (C=O) groups excluding carboxylic acids is 1. The number of rotatable bonds is 7. The SMILES string of the molecule is CCC(=O)CSc1nc2ccccc2c(=O)n1CCC1=CCCCC1. The van der Waals surface area contributed by atoms with Gasteiger partial charge in [0.25, 0.3) is 5.56 Å². The molecule has 0 radical (unpaired) electrons. The maximum atomic E-state index is 12.9. The van der Waals surface area contributed by atoms with Crippen LogP contribution in [0, 0.1) is 0 Å². The predicted octanol–water partition coefficient (Wildman–Crippen LogP) is 4.36.